The molecule has 0 aromatic rings. The molecular formula is C44H86O5. The number of aliphatic hydroxyl groups excluding tert-OH is 1. The predicted molar refractivity (Wildman–Crippen MR) is 210 cm³/mol. The number of carbonyl (C=O) groups excluding carboxylic acids is 2. The summed E-state index contributed by atoms with van der Waals surface area (Å²) < 4.78 is 10.6. The number of ether oxygens (including phenoxy) is 2. The van der Waals surface area contributed by atoms with E-state index in [4.69, 9.17) is 9.47 Å². The quantitative estimate of drug-likeness (QED) is 0.0510. The van der Waals surface area contributed by atoms with Gasteiger partial charge in [-0.05, 0) is 18.8 Å². The van der Waals surface area contributed by atoms with E-state index in [2.05, 4.69) is 20.8 Å². The Balaban J connectivity index is 3.45. The van der Waals surface area contributed by atoms with Gasteiger partial charge in [-0.2, -0.15) is 0 Å². The van der Waals surface area contributed by atoms with Crippen LogP contribution in [0.3, 0.4) is 0 Å². The average molecular weight is 695 g/mol. The van der Waals surface area contributed by atoms with E-state index < -0.39 is 6.10 Å². The lowest BCUT2D eigenvalue weighted by molar-refractivity contribution is -0.161. The van der Waals surface area contributed by atoms with Crippen LogP contribution in [-0.4, -0.2) is 36.4 Å². The van der Waals surface area contributed by atoms with Crippen molar-refractivity contribution in [2.45, 2.75) is 252 Å². The maximum atomic E-state index is 12.2. The molecule has 1 N–H and O–H groups in total. The number of rotatable bonds is 40. The lowest BCUT2D eigenvalue weighted by Gasteiger charge is -2.15. The number of carbonyl (C=O) groups is 2. The van der Waals surface area contributed by atoms with Crippen molar-refractivity contribution in [3.05, 3.63) is 0 Å². The zero-order valence-electron chi connectivity index (χ0n) is 33.4. The second-order valence-corrected chi connectivity index (χ2v) is 15.6. The summed E-state index contributed by atoms with van der Waals surface area (Å²) in [4.78, 5) is 24.3. The Kier molecular flexibility index (Phi) is 38.8. The smallest absolute Gasteiger partial charge is 0.306 e. The molecule has 49 heavy (non-hydrogen) atoms. The van der Waals surface area contributed by atoms with E-state index in [1.54, 1.807) is 0 Å². The molecule has 0 aromatic heterocycles. The van der Waals surface area contributed by atoms with Crippen LogP contribution in [-0.2, 0) is 19.1 Å². The van der Waals surface area contributed by atoms with Crippen LogP contribution in [0.1, 0.15) is 245 Å². The Labute approximate surface area is 306 Å². The second-order valence-electron chi connectivity index (χ2n) is 15.6. The van der Waals surface area contributed by atoms with Crippen LogP contribution in [0.4, 0.5) is 0 Å². The molecule has 0 fully saturated rings. The number of unbranched alkanes of at least 4 members (excludes halogenated alkanes) is 30. The fourth-order valence-electron chi connectivity index (χ4n) is 6.74. The van der Waals surface area contributed by atoms with Crippen molar-refractivity contribution in [2.24, 2.45) is 5.92 Å². The fraction of sp³-hybridized carbons (Fsp3) is 0.955. The second kappa shape index (κ2) is 39.7. The van der Waals surface area contributed by atoms with Crippen molar-refractivity contribution >= 4 is 11.9 Å². The third-order valence-electron chi connectivity index (χ3n) is 10.1. The van der Waals surface area contributed by atoms with Gasteiger partial charge in [-0.1, -0.05) is 220 Å². The standard InChI is InChI=1S/C44H86O5/c1-4-5-6-7-8-9-10-11-19-23-26-29-32-35-38-44(47)49-42(39-45)40-48-43(46)37-34-31-28-25-22-20-17-15-13-12-14-16-18-21-24-27-30-33-36-41(2)3/h41-42,45H,4-40H2,1-3H3/t42-/m0/s1. The minimum absolute atomic E-state index is 0.0571. The normalized spacial score (nSPS) is 12.1. The SMILES string of the molecule is CCCCCCCCCCCCCCCCC(=O)O[C@@H](CO)COC(=O)CCCCCCCCCCCCCCCCCCCCC(C)C. The Morgan fingerprint density at radius 2 is 0.755 bits per heavy atom. The molecule has 0 radical (unpaired) electrons. The van der Waals surface area contributed by atoms with Gasteiger partial charge in [0.15, 0.2) is 6.10 Å². The van der Waals surface area contributed by atoms with E-state index in [0.717, 1.165) is 38.0 Å². The number of hydrogen-bond donors (Lipinski definition) is 1. The highest BCUT2D eigenvalue weighted by molar-refractivity contribution is 5.70. The minimum atomic E-state index is -0.762. The molecule has 5 nitrogen and oxygen atoms in total. The van der Waals surface area contributed by atoms with E-state index >= 15 is 0 Å². The summed E-state index contributed by atoms with van der Waals surface area (Å²) in [6.07, 6.45) is 43.2. The Bertz CT molecular complexity index is 678. The zero-order valence-corrected chi connectivity index (χ0v) is 33.4. The molecule has 1 atom stereocenters. The average Bonchev–Trinajstić information content (AvgIpc) is 3.09. The summed E-state index contributed by atoms with van der Waals surface area (Å²) in [6, 6.07) is 0. The molecule has 0 unspecified atom stereocenters. The first-order chi connectivity index (χ1) is 24.0. The van der Waals surface area contributed by atoms with Crippen LogP contribution < -0.4 is 0 Å². The van der Waals surface area contributed by atoms with Crippen LogP contribution in [0.25, 0.3) is 0 Å². The summed E-state index contributed by atoms with van der Waals surface area (Å²) in [5, 5.41) is 9.57. The molecular weight excluding hydrogens is 608 g/mol. The van der Waals surface area contributed by atoms with Gasteiger partial charge in [-0.3, -0.25) is 9.59 Å². The van der Waals surface area contributed by atoms with Crippen LogP contribution >= 0.6 is 0 Å². The van der Waals surface area contributed by atoms with Gasteiger partial charge in [0, 0.05) is 12.8 Å². The van der Waals surface area contributed by atoms with E-state index in [-0.39, 0.29) is 25.2 Å². The van der Waals surface area contributed by atoms with Gasteiger partial charge in [-0.15, -0.1) is 0 Å². The molecule has 5 heteroatoms. The molecule has 292 valence electrons. The first-order valence-electron chi connectivity index (χ1n) is 22.0. The van der Waals surface area contributed by atoms with Crippen LogP contribution in [0.5, 0.6) is 0 Å². The minimum Gasteiger partial charge on any atom is -0.462 e. The summed E-state index contributed by atoms with van der Waals surface area (Å²) in [5.74, 6) is 0.292. The number of hydrogen-bond acceptors (Lipinski definition) is 5. The third-order valence-corrected chi connectivity index (χ3v) is 10.1. The fourth-order valence-corrected chi connectivity index (χ4v) is 6.74. The topological polar surface area (TPSA) is 72.8 Å². The van der Waals surface area contributed by atoms with Crippen molar-refractivity contribution < 1.29 is 24.2 Å². The van der Waals surface area contributed by atoms with Gasteiger partial charge in [-0.25, -0.2) is 0 Å². The predicted octanol–water partition coefficient (Wildman–Crippen LogP) is 13.8. The van der Waals surface area contributed by atoms with Crippen molar-refractivity contribution in [2.75, 3.05) is 13.2 Å². The highest BCUT2D eigenvalue weighted by Gasteiger charge is 2.16. The molecule has 0 rings (SSSR count). The van der Waals surface area contributed by atoms with Gasteiger partial charge in [0.2, 0.25) is 0 Å². The van der Waals surface area contributed by atoms with Gasteiger partial charge in [0.1, 0.15) is 6.61 Å². The lowest BCUT2D eigenvalue weighted by atomic mass is 10.0. The lowest BCUT2D eigenvalue weighted by Crippen LogP contribution is -2.28. The molecule has 0 saturated carbocycles. The van der Waals surface area contributed by atoms with E-state index in [1.165, 1.54) is 180 Å². The summed E-state index contributed by atoms with van der Waals surface area (Å²) in [6.45, 7) is 6.54. The van der Waals surface area contributed by atoms with Crippen molar-refractivity contribution in [1.82, 2.24) is 0 Å². The van der Waals surface area contributed by atoms with Crippen molar-refractivity contribution in [3.8, 4) is 0 Å². The highest BCUT2D eigenvalue weighted by Crippen LogP contribution is 2.17. The maximum absolute atomic E-state index is 12.2. The van der Waals surface area contributed by atoms with E-state index in [9.17, 15) is 14.7 Å². The van der Waals surface area contributed by atoms with E-state index in [0.29, 0.717) is 12.8 Å². The van der Waals surface area contributed by atoms with Gasteiger partial charge >= 0.3 is 11.9 Å². The van der Waals surface area contributed by atoms with Gasteiger partial charge < -0.3 is 14.6 Å². The summed E-state index contributed by atoms with van der Waals surface area (Å²) >= 11 is 0. The Morgan fingerprint density at radius 3 is 1.08 bits per heavy atom. The first-order valence-corrected chi connectivity index (χ1v) is 22.0. The largest absolute Gasteiger partial charge is 0.462 e. The van der Waals surface area contributed by atoms with Crippen molar-refractivity contribution in [1.29, 1.82) is 0 Å². The zero-order chi connectivity index (χ0) is 35.9. The molecule has 0 spiro atoms. The number of esters is 2. The molecule has 0 aromatic carbocycles. The monoisotopic (exact) mass is 695 g/mol. The van der Waals surface area contributed by atoms with Crippen LogP contribution in [0.2, 0.25) is 0 Å². The van der Waals surface area contributed by atoms with Crippen LogP contribution in [0.15, 0.2) is 0 Å². The molecule has 0 saturated heterocycles. The van der Waals surface area contributed by atoms with Crippen LogP contribution in [0, 0.1) is 5.92 Å². The number of aliphatic hydroxyl groups is 1. The molecule has 0 heterocycles. The Hall–Kier alpha value is -1.10. The summed E-state index contributed by atoms with van der Waals surface area (Å²) in [7, 11) is 0. The first kappa shape index (κ1) is 47.9. The molecule has 0 amide bonds. The summed E-state index contributed by atoms with van der Waals surface area (Å²) in [5.41, 5.74) is 0. The van der Waals surface area contributed by atoms with Crippen molar-refractivity contribution in [3.63, 3.8) is 0 Å². The third kappa shape index (κ3) is 39.5. The molecule has 0 aliphatic carbocycles. The molecule has 0 aliphatic heterocycles. The Morgan fingerprint density at radius 1 is 0.449 bits per heavy atom. The highest BCUT2D eigenvalue weighted by atomic mass is 16.6. The van der Waals surface area contributed by atoms with E-state index in [1.807, 2.05) is 0 Å². The van der Waals surface area contributed by atoms with Gasteiger partial charge in [0.25, 0.3) is 0 Å². The maximum Gasteiger partial charge on any atom is 0.306 e. The van der Waals surface area contributed by atoms with Gasteiger partial charge in [0.05, 0.1) is 6.61 Å². The molecule has 0 aliphatic rings. The molecule has 0 bridgehead atoms.